The maximum absolute atomic E-state index is 11.3. The molecular weight excluding hydrogens is 220 g/mol. The molecule has 0 aromatic rings. The Morgan fingerprint density at radius 3 is 2.76 bits per heavy atom. The minimum atomic E-state index is -0.837. The lowest BCUT2D eigenvalue weighted by Crippen LogP contribution is -2.51. The van der Waals surface area contributed by atoms with Crippen LogP contribution in [0, 0.1) is 0 Å². The number of urea groups is 1. The number of hydrazine groups is 1. The highest BCUT2D eigenvalue weighted by molar-refractivity contribution is 6.03. The Morgan fingerprint density at radius 1 is 1.59 bits per heavy atom. The molecule has 6 heteroatoms. The van der Waals surface area contributed by atoms with Crippen LogP contribution in [0.25, 0.3) is 0 Å². The van der Waals surface area contributed by atoms with Gasteiger partial charge < -0.3 is 5.32 Å². The van der Waals surface area contributed by atoms with Gasteiger partial charge in [0, 0.05) is 6.54 Å². The van der Waals surface area contributed by atoms with Crippen molar-refractivity contribution in [1.29, 1.82) is 0 Å². The fraction of sp³-hybridized carbons (Fsp3) is 0.273. The second-order valence-electron chi connectivity index (χ2n) is 3.51. The van der Waals surface area contributed by atoms with E-state index in [1.807, 2.05) is 25.2 Å². The van der Waals surface area contributed by atoms with Crippen molar-refractivity contribution < 1.29 is 9.59 Å². The molecule has 3 amide bonds. The van der Waals surface area contributed by atoms with Crippen molar-refractivity contribution in [2.45, 2.75) is 13.1 Å². The Morgan fingerprint density at radius 2 is 2.29 bits per heavy atom. The van der Waals surface area contributed by atoms with Gasteiger partial charge in [0.25, 0.3) is 5.91 Å². The monoisotopic (exact) mass is 236 g/mol. The maximum atomic E-state index is 11.3. The van der Waals surface area contributed by atoms with E-state index in [2.05, 4.69) is 17.2 Å². The molecule has 0 bridgehead atoms. The molecule has 1 rings (SSSR count). The lowest BCUT2D eigenvalue weighted by Gasteiger charge is -2.21. The molecule has 1 fully saturated rings. The van der Waals surface area contributed by atoms with E-state index in [-0.39, 0.29) is 0 Å². The van der Waals surface area contributed by atoms with Gasteiger partial charge in [-0.2, -0.15) is 0 Å². The van der Waals surface area contributed by atoms with Crippen LogP contribution in [0.2, 0.25) is 0 Å². The third-order valence-electron chi connectivity index (χ3n) is 2.21. The van der Waals surface area contributed by atoms with Crippen molar-refractivity contribution in [2.75, 3.05) is 6.54 Å². The smallest absolute Gasteiger partial charge is 0.313 e. The van der Waals surface area contributed by atoms with Gasteiger partial charge in [-0.05, 0) is 12.5 Å². The zero-order valence-corrected chi connectivity index (χ0v) is 9.64. The Labute approximate surface area is 99.8 Å². The highest BCUT2D eigenvalue weighted by Crippen LogP contribution is 2.03. The molecule has 1 unspecified atom stereocenters. The average Bonchev–Trinajstić information content (AvgIpc) is 2.63. The number of allylic oxidation sites excluding steroid dienone is 3. The third-order valence-corrected chi connectivity index (χ3v) is 2.21. The Kier molecular flexibility index (Phi) is 4.62. The first-order valence-electron chi connectivity index (χ1n) is 5.15. The van der Waals surface area contributed by atoms with E-state index in [9.17, 15) is 9.59 Å². The second-order valence-corrected chi connectivity index (χ2v) is 3.51. The van der Waals surface area contributed by atoms with Crippen molar-refractivity contribution in [3.8, 4) is 0 Å². The first-order chi connectivity index (χ1) is 8.08. The first kappa shape index (κ1) is 13.1. The van der Waals surface area contributed by atoms with Crippen LogP contribution in [0.15, 0.2) is 36.5 Å². The SMILES string of the molecule is C=C/C(=C\C=C/C)CN(N)C1NC(=O)NC1=O. The number of carbonyl (C=O) groups excluding carboxylic acids is 2. The highest BCUT2D eigenvalue weighted by Gasteiger charge is 2.33. The van der Waals surface area contributed by atoms with Crippen molar-refractivity contribution in [2.24, 2.45) is 5.84 Å². The Balaban J connectivity index is 2.64. The molecule has 4 N–H and O–H groups in total. The molecule has 6 nitrogen and oxygen atoms in total. The lowest BCUT2D eigenvalue weighted by molar-refractivity contribution is -0.123. The summed E-state index contributed by atoms with van der Waals surface area (Å²) in [5, 5.41) is 5.77. The molecule has 0 radical (unpaired) electrons. The van der Waals surface area contributed by atoms with Gasteiger partial charge in [0.1, 0.15) is 0 Å². The molecule has 0 aromatic heterocycles. The van der Waals surface area contributed by atoms with Gasteiger partial charge in [-0.25, -0.2) is 9.80 Å². The van der Waals surface area contributed by atoms with Crippen LogP contribution in [0.4, 0.5) is 4.79 Å². The summed E-state index contributed by atoms with van der Waals surface area (Å²) in [7, 11) is 0. The summed E-state index contributed by atoms with van der Waals surface area (Å²) < 4.78 is 0. The van der Waals surface area contributed by atoms with Gasteiger partial charge in [-0.15, -0.1) is 0 Å². The van der Waals surface area contributed by atoms with Gasteiger partial charge in [-0.1, -0.05) is 30.9 Å². The fourth-order valence-corrected chi connectivity index (χ4v) is 1.35. The van der Waals surface area contributed by atoms with Gasteiger partial charge in [0.2, 0.25) is 0 Å². The number of nitrogens with one attached hydrogen (secondary N) is 2. The predicted octanol–water partition coefficient (Wildman–Crippen LogP) is 0.0161. The largest absolute Gasteiger partial charge is 0.323 e. The number of nitrogens with two attached hydrogens (primary N) is 1. The van der Waals surface area contributed by atoms with Crippen LogP contribution >= 0.6 is 0 Å². The van der Waals surface area contributed by atoms with Crippen LogP contribution in [0.3, 0.4) is 0 Å². The van der Waals surface area contributed by atoms with E-state index in [1.54, 1.807) is 6.08 Å². The summed E-state index contributed by atoms with van der Waals surface area (Å²) in [6.45, 7) is 5.86. The quantitative estimate of drug-likeness (QED) is 0.272. The van der Waals surface area contributed by atoms with Gasteiger partial charge >= 0.3 is 6.03 Å². The number of nitrogens with zero attached hydrogens (tertiary/aromatic N) is 1. The molecule has 92 valence electrons. The normalized spacial score (nSPS) is 20.9. The van der Waals surface area contributed by atoms with E-state index in [0.717, 1.165) is 5.57 Å². The lowest BCUT2D eigenvalue weighted by atomic mass is 10.2. The minimum absolute atomic E-state index is 0.312. The summed E-state index contributed by atoms with van der Waals surface area (Å²) in [6.07, 6.45) is 6.36. The summed E-state index contributed by atoms with van der Waals surface area (Å²) in [5.74, 6) is 5.27. The first-order valence-corrected chi connectivity index (χ1v) is 5.15. The zero-order valence-electron chi connectivity index (χ0n) is 9.64. The van der Waals surface area contributed by atoms with E-state index in [4.69, 9.17) is 5.84 Å². The summed E-state index contributed by atoms with van der Waals surface area (Å²) in [6, 6.07) is -0.534. The fourth-order valence-electron chi connectivity index (χ4n) is 1.35. The summed E-state index contributed by atoms with van der Waals surface area (Å²) in [4.78, 5) is 22.3. The molecule has 1 heterocycles. The number of carbonyl (C=O) groups is 2. The van der Waals surface area contributed by atoms with Crippen LogP contribution in [0.5, 0.6) is 0 Å². The summed E-state index contributed by atoms with van der Waals surface area (Å²) in [5.41, 5.74) is 0.847. The van der Waals surface area contributed by atoms with Gasteiger partial charge in [-0.3, -0.25) is 16.0 Å². The van der Waals surface area contributed by atoms with Crippen molar-refractivity contribution in [1.82, 2.24) is 15.6 Å². The van der Waals surface area contributed by atoms with E-state index in [1.165, 1.54) is 5.01 Å². The second kappa shape index (κ2) is 5.97. The number of amides is 3. The predicted molar refractivity (Wildman–Crippen MR) is 64.4 cm³/mol. The molecule has 1 saturated heterocycles. The van der Waals surface area contributed by atoms with Gasteiger partial charge in [0.15, 0.2) is 6.17 Å². The Hall–Kier alpha value is -1.92. The number of hydrogen-bond acceptors (Lipinski definition) is 4. The molecule has 0 spiro atoms. The summed E-state index contributed by atoms with van der Waals surface area (Å²) >= 11 is 0. The minimum Gasteiger partial charge on any atom is -0.313 e. The molecular formula is C11H16N4O2. The average molecular weight is 236 g/mol. The van der Waals surface area contributed by atoms with E-state index >= 15 is 0 Å². The molecule has 0 aromatic carbocycles. The van der Waals surface area contributed by atoms with Gasteiger partial charge in [0.05, 0.1) is 0 Å². The van der Waals surface area contributed by atoms with Crippen LogP contribution in [-0.4, -0.2) is 29.7 Å². The number of hydrogen-bond donors (Lipinski definition) is 3. The zero-order chi connectivity index (χ0) is 12.8. The highest BCUT2D eigenvalue weighted by atomic mass is 16.2. The van der Waals surface area contributed by atoms with Crippen LogP contribution < -0.4 is 16.5 Å². The van der Waals surface area contributed by atoms with E-state index < -0.39 is 18.1 Å². The Bertz CT molecular complexity index is 387. The van der Waals surface area contributed by atoms with Crippen LogP contribution in [0.1, 0.15) is 6.92 Å². The molecule has 1 aliphatic heterocycles. The van der Waals surface area contributed by atoms with Crippen molar-refractivity contribution in [3.05, 3.63) is 36.5 Å². The molecule has 1 atom stereocenters. The van der Waals surface area contributed by atoms with E-state index in [0.29, 0.717) is 6.54 Å². The topological polar surface area (TPSA) is 87.5 Å². The van der Waals surface area contributed by atoms with Crippen molar-refractivity contribution >= 4 is 11.9 Å². The maximum Gasteiger partial charge on any atom is 0.323 e. The standard InChI is InChI=1S/C11H16N4O2/c1-3-5-6-8(4-2)7-15(12)9-10(16)14-11(17)13-9/h3-6,9H,2,7,12H2,1H3,(H2,13,14,16,17)/b5-3-,8-6+. The molecule has 17 heavy (non-hydrogen) atoms. The number of imide groups is 1. The van der Waals surface area contributed by atoms with Crippen LogP contribution in [-0.2, 0) is 4.79 Å². The molecule has 1 aliphatic rings. The molecule has 0 aliphatic carbocycles. The van der Waals surface area contributed by atoms with Crippen molar-refractivity contribution in [3.63, 3.8) is 0 Å². The number of rotatable bonds is 5. The third kappa shape index (κ3) is 3.54. The molecule has 0 saturated carbocycles.